The third-order valence-corrected chi connectivity index (χ3v) is 7.54. The van der Waals surface area contributed by atoms with Crippen LogP contribution in [0.25, 0.3) is 22.2 Å². The van der Waals surface area contributed by atoms with E-state index in [-0.39, 0.29) is 51.7 Å². The highest BCUT2D eigenvalue weighted by Crippen LogP contribution is 2.46. The third-order valence-electron chi connectivity index (χ3n) is 7.54. The van der Waals surface area contributed by atoms with E-state index >= 15 is 0 Å². The average molecular weight is 666 g/mol. The monoisotopic (exact) mass is 665 g/mol. The lowest BCUT2D eigenvalue weighted by atomic mass is 9.93. The van der Waals surface area contributed by atoms with E-state index in [0.29, 0.717) is 0 Å². The molecular weight excluding hydrogens is 640 g/mol. The maximum Gasteiger partial charge on any atom is 0.586 e. The minimum atomic E-state index is -5.49. The number of ether oxygens (including phenoxy) is 3. The van der Waals surface area contributed by atoms with Crippen LogP contribution in [0.4, 0.5) is 26.3 Å². The second-order valence-corrected chi connectivity index (χ2v) is 11.0. The quantitative estimate of drug-likeness (QED) is 0.210. The predicted molar refractivity (Wildman–Crippen MR) is 150 cm³/mol. The number of nitrogens with one attached hydrogen (secondary N) is 1. The molecule has 4 N–H and O–H groups in total. The van der Waals surface area contributed by atoms with Crippen molar-refractivity contribution in [2.45, 2.75) is 50.3 Å². The summed E-state index contributed by atoms with van der Waals surface area (Å²) in [5.41, 5.74) is -0.698. The molecule has 2 aromatic heterocycles. The summed E-state index contributed by atoms with van der Waals surface area (Å²) in [5.74, 6) is -4.05. The summed E-state index contributed by atoms with van der Waals surface area (Å²) in [6.45, 7) is -0.0345. The van der Waals surface area contributed by atoms with E-state index in [4.69, 9.17) is 10.5 Å². The smallest absolute Gasteiger partial charge is 0.491 e. The first-order valence-electron chi connectivity index (χ1n) is 14.2. The van der Waals surface area contributed by atoms with Crippen molar-refractivity contribution in [2.75, 3.05) is 13.2 Å². The molecule has 0 unspecified atom stereocenters. The summed E-state index contributed by atoms with van der Waals surface area (Å²) in [5, 5.41) is 17.6. The van der Waals surface area contributed by atoms with Gasteiger partial charge in [0.2, 0.25) is 11.5 Å². The molecule has 2 aliphatic rings. The maximum atomic E-state index is 14.8. The van der Waals surface area contributed by atoms with Crippen LogP contribution in [0.2, 0.25) is 0 Å². The first-order chi connectivity index (χ1) is 22.1. The topological polar surface area (TPSA) is 151 Å². The molecular formula is C30H25F6N5O6. The molecule has 6 rings (SSSR count). The molecule has 1 fully saturated rings. The van der Waals surface area contributed by atoms with Crippen LogP contribution in [0.5, 0.6) is 17.2 Å². The van der Waals surface area contributed by atoms with Crippen LogP contribution < -0.4 is 25.3 Å². The van der Waals surface area contributed by atoms with Gasteiger partial charge in [-0.25, -0.2) is 9.37 Å². The van der Waals surface area contributed by atoms with Crippen LogP contribution in [0.3, 0.4) is 0 Å². The van der Waals surface area contributed by atoms with Crippen molar-refractivity contribution in [1.29, 1.82) is 0 Å². The number of rotatable bonds is 10. The van der Waals surface area contributed by atoms with E-state index in [2.05, 4.69) is 19.6 Å². The van der Waals surface area contributed by atoms with Crippen LogP contribution in [0.15, 0.2) is 42.6 Å². The summed E-state index contributed by atoms with van der Waals surface area (Å²) in [4.78, 5) is 29.0. The van der Waals surface area contributed by atoms with E-state index < -0.39 is 65.8 Å². The summed E-state index contributed by atoms with van der Waals surface area (Å²) in [6, 6.07) is 6.16. The molecule has 0 radical (unpaired) electrons. The van der Waals surface area contributed by atoms with Gasteiger partial charge in [-0.1, -0.05) is 0 Å². The number of nitrogens with two attached hydrogens (primary N) is 1. The number of nitrogens with zero attached hydrogens (tertiary/aromatic N) is 3. The molecule has 1 aliphatic carbocycles. The number of alkyl halides is 5. The van der Waals surface area contributed by atoms with E-state index in [1.54, 1.807) is 4.68 Å². The van der Waals surface area contributed by atoms with E-state index in [1.807, 2.05) is 5.32 Å². The molecule has 1 atom stereocenters. The van der Waals surface area contributed by atoms with Crippen molar-refractivity contribution in [3.8, 4) is 28.5 Å². The van der Waals surface area contributed by atoms with Crippen LogP contribution in [0, 0.1) is 5.82 Å². The Labute approximate surface area is 261 Å². The number of carbonyl (C=O) groups is 2. The summed E-state index contributed by atoms with van der Waals surface area (Å²) >= 11 is 0. The molecule has 0 spiro atoms. The SMILES string of the molecule is CCOc1c(CC(N)=O)cc([C@@](O)(CNC(=O)c2cc(F)c3nn(C4CC4)cc3c2)C(F)(F)F)nc1-c1ccc2c(c1)OC(F)(F)O2. The van der Waals surface area contributed by atoms with Gasteiger partial charge >= 0.3 is 12.5 Å². The number of carbonyl (C=O) groups excluding carboxylic acids is 2. The number of hydrogen-bond acceptors (Lipinski definition) is 8. The first-order valence-corrected chi connectivity index (χ1v) is 14.2. The third kappa shape index (κ3) is 6.09. The second kappa shape index (κ2) is 11.3. The van der Waals surface area contributed by atoms with Gasteiger partial charge in [0, 0.05) is 28.3 Å². The van der Waals surface area contributed by atoms with Gasteiger partial charge in [0.1, 0.15) is 17.0 Å². The molecule has 2 aromatic carbocycles. The Kier molecular flexibility index (Phi) is 7.69. The van der Waals surface area contributed by atoms with Gasteiger partial charge in [0.05, 0.1) is 31.3 Å². The summed E-state index contributed by atoms with van der Waals surface area (Å²) in [6.07, 6.45) is -6.93. The zero-order valence-corrected chi connectivity index (χ0v) is 24.3. The van der Waals surface area contributed by atoms with Crippen LogP contribution in [-0.2, 0) is 16.8 Å². The zero-order chi connectivity index (χ0) is 33.9. The number of pyridine rings is 1. The van der Waals surface area contributed by atoms with Gasteiger partial charge in [-0.15, -0.1) is 8.78 Å². The number of aliphatic hydroxyl groups is 1. The predicted octanol–water partition coefficient (Wildman–Crippen LogP) is 4.50. The Morgan fingerprint density at radius 1 is 1.15 bits per heavy atom. The highest BCUT2D eigenvalue weighted by atomic mass is 19.4. The summed E-state index contributed by atoms with van der Waals surface area (Å²) in [7, 11) is 0. The number of aromatic nitrogens is 3. The molecule has 2 amide bonds. The Hall–Kier alpha value is -5.06. The van der Waals surface area contributed by atoms with Crippen LogP contribution in [-0.4, -0.2) is 57.3 Å². The van der Waals surface area contributed by atoms with Crippen molar-refractivity contribution in [3.05, 3.63) is 65.2 Å². The second-order valence-electron chi connectivity index (χ2n) is 11.0. The Bertz CT molecular complexity index is 1910. The average Bonchev–Trinajstić information content (AvgIpc) is 3.66. The number of halogens is 6. The minimum absolute atomic E-state index is 0.0134. The maximum absolute atomic E-state index is 14.8. The molecule has 3 heterocycles. The molecule has 0 saturated heterocycles. The number of benzene rings is 2. The Morgan fingerprint density at radius 2 is 1.87 bits per heavy atom. The fourth-order valence-electron chi connectivity index (χ4n) is 5.13. The van der Waals surface area contributed by atoms with Crippen LogP contribution in [0.1, 0.15) is 47.4 Å². The van der Waals surface area contributed by atoms with Gasteiger partial charge in [-0.2, -0.15) is 18.3 Å². The summed E-state index contributed by atoms with van der Waals surface area (Å²) < 4.78 is 102. The lowest BCUT2D eigenvalue weighted by Crippen LogP contribution is -2.51. The number of hydrogen-bond donors (Lipinski definition) is 3. The van der Waals surface area contributed by atoms with E-state index in [9.17, 15) is 41.0 Å². The fraction of sp³-hybridized carbons (Fsp3) is 0.333. The highest BCUT2D eigenvalue weighted by Gasteiger charge is 2.57. The molecule has 17 heteroatoms. The number of amides is 2. The van der Waals surface area contributed by atoms with Crippen molar-refractivity contribution < 1.29 is 55.2 Å². The van der Waals surface area contributed by atoms with E-state index in [0.717, 1.165) is 37.1 Å². The lowest BCUT2D eigenvalue weighted by Gasteiger charge is -2.31. The van der Waals surface area contributed by atoms with Crippen molar-refractivity contribution in [1.82, 2.24) is 20.1 Å². The highest BCUT2D eigenvalue weighted by molar-refractivity contribution is 5.98. The minimum Gasteiger partial charge on any atom is -0.491 e. The van der Waals surface area contributed by atoms with Crippen molar-refractivity contribution in [3.63, 3.8) is 0 Å². The molecule has 1 aliphatic heterocycles. The number of fused-ring (bicyclic) bond motifs is 2. The van der Waals surface area contributed by atoms with Crippen molar-refractivity contribution in [2.24, 2.45) is 5.73 Å². The molecule has 4 aromatic rings. The standard InChI is InChI=1S/C30H25F6N5O6/c1-2-45-26-15(11-23(37)42)10-22(39-25(26)14-3-6-20-21(9-14)47-30(35,36)46-20)28(44,29(32,33)34)13-38-27(43)16-7-17-12-41(18-4-5-18)40-24(17)19(31)8-16/h3,6-10,12,18,44H,2,4-5,11,13H2,1H3,(H2,37,42)(H,38,43)/t28-/m0/s1. The van der Waals surface area contributed by atoms with Crippen LogP contribution >= 0.6 is 0 Å². The van der Waals surface area contributed by atoms with Gasteiger partial charge < -0.3 is 30.4 Å². The first kappa shape index (κ1) is 31.9. The molecule has 1 saturated carbocycles. The molecule has 11 nitrogen and oxygen atoms in total. The molecule has 0 bridgehead atoms. The van der Waals surface area contributed by atoms with Gasteiger partial charge in [-0.3, -0.25) is 14.3 Å². The largest absolute Gasteiger partial charge is 0.586 e. The normalized spacial score (nSPS) is 16.6. The Balaban J connectivity index is 1.39. The van der Waals surface area contributed by atoms with Crippen molar-refractivity contribution >= 4 is 22.7 Å². The Morgan fingerprint density at radius 3 is 2.53 bits per heavy atom. The fourth-order valence-corrected chi connectivity index (χ4v) is 5.13. The number of primary amides is 1. The van der Waals surface area contributed by atoms with Gasteiger partial charge in [-0.05, 0) is 56.2 Å². The molecule has 248 valence electrons. The molecule has 47 heavy (non-hydrogen) atoms. The van der Waals surface area contributed by atoms with Gasteiger partial charge in [0.25, 0.3) is 5.91 Å². The van der Waals surface area contributed by atoms with E-state index in [1.165, 1.54) is 25.3 Å². The zero-order valence-electron chi connectivity index (χ0n) is 24.3. The van der Waals surface area contributed by atoms with Gasteiger partial charge in [0.15, 0.2) is 17.3 Å². The lowest BCUT2D eigenvalue weighted by molar-refractivity contribution is -0.286.